The molecule has 1 aliphatic rings. The van der Waals surface area contributed by atoms with Crippen LogP contribution in [0.3, 0.4) is 0 Å². The first-order valence-electron chi connectivity index (χ1n) is 6.86. The molecule has 0 saturated carbocycles. The molecule has 6 heteroatoms. The lowest BCUT2D eigenvalue weighted by Crippen LogP contribution is -2.48. The van der Waals surface area contributed by atoms with Gasteiger partial charge < -0.3 is 15.3 Å². The molecule has 2 N–H and O–H groups in total. The van der Waals surface area contributed by atoms with E-state index in [2.05, 4.69) is 25.1 Å². The molecule has 1 aromatic rings. The monoisotopic (exact) mass is 265 g/mol. The van der Waals surface area contributed by atoms with Gasteiger partial charge >= 0.3 is 0 Å². The van der Waals surface area contributed by atoms with E-state index in [0.717, 1.165) is 45.1 Å². The van der Waals surface area contributed by atoms with E-state index in [1.165, 1.54) is 0 Å². The summed E-state index contributed by atoms with van der Waals surface area (Å²) in [6.07, 6.45) is 4.55. The molecule has 0 bridgehead atoms. The van der Waals surface area contributed by atoms with Crippen LogP contribution in [0.5, 0.6) is 0 Å². The number of likely N-dealkylation sites (N-methyl/N-ethyl adjacent to an activating group) is 1. The minimum absolute atomic E-state index is 0.203. The number of piperazine rings is 1. The number of nitrogens with zero attached hydrogens (tertiary/aromatic N) is 4. The van der Waals surface area contributed by atoms with Gasteiger partial charge in [0.05, 0.1) is 6.61 Å². The highest BCUT2D eigenvalue weighted by Gasteiger charge is 2.19. The van der Waals surface area contributed by atoms with Crippen molar-refractivity contribution in [2.24, 2.45) is 0 Å². The smallest absolute Gasteiger partial charge is 0.225 e. The number of aromatic nitrogens is 2. The minimum Gasteiger partial charge on any atom is -0.395 e. The number of aliphatic hydroxyl groups excluding tert-OH is 1. The van der Waals surface area contributed by atoms with Crippen LogP contribution in [-0.2, 0) is 0 Å². The molecular formula is C13H23N5O. The van der Waals surface area contributed by atoms with E-state index in [4.69, 9.17) is 5.11 Å². The Morgan fingerprint density at radius 1 is 1.26 bits per heavy atom. The van der Waals surface area contributed by atoms with Crippen LogP contribution in [0.1, 0.15) is 6.42 Å². The summed E-state index contributed by atoms with van der Waals surface area (Å²) in [4.78, 5) is 13.2. The summed E-state index contributed by atoms with van der Waals surface area (Å²) in [5.74, 6) is 0.825. The van der Waals surface area contributed by atoms with Gasteiger partial charge in [0.2, 0.25) is 5.95 Å². The van der Waals surface area contributed by atoms with Crippen molar-refractivity contribution in [1.29, 1.82) is 0 Å². The van der Waals surface area contributed by atoms with E-state index in [9.17, 15) is 0 Å². The highest BCUT2D eigenvalue weighted by molar-refractivity contribution is 5.29. The summed E-state index contributed by atoms with van der Waals surface area (Å²) >= 11 is 0. The summed E-state index contributed by atoms with van der Waals surface area (Å²) in [5, 5.41) is 12.3. The maximum atomic E-state index is 9.14. The lowest BCUT2D eigenvalue weighted by molar-refractivity contribution is 0.204. The van der Waals surface area contributed by atoms with Gasteiger partial charge in [0, 0.05) is 44.6 Å². The van der Waals surface area contributed by atoms with Gasteiger partial charge in [-0.3, -0.25) is 4.90 Å². The Bertz CT molecular complexity index is 349. The first-order chi connectivity index (χ1) is 9.33. The predicted octanol–water partition coefficient (Wildman–Crippen LogP) is -0.431. The van der Waals surface area contributed by atoms with Gasteiger partial charge in [-0.25, -0.2) is 9.97 Å². The number of hydrogen-bond acceptors (Lipinski definition) is 6. The molecule has 0 amide bonds. The van der Waals surface area contributed by atoms with Crippen molar-refractivity contribution in [1.82, 2.24) is 20.2 Å². The Balaban J connectivity index is 1.74. The van der Waals surface area contributed by atoms with E-state index >= 15 is 0 Å². The van der Waals surface area contributed by atoms with Crippen molar-refractivity contribution >= 4 is 5.95 Å². The van der Waals surface area contributed by atoms with Crippen molar-refractivity contribution in [2.75, 3.05) is 51.3 Å². The van der Waals surface area contributed by atoms with Gasteiger partial charge in [-0.1, -0.05) is 0 Å². The van der Waals surface area contributed by atoms with Gasteiger partial charge in [0.1, 0.15) is 0 Å². The number of anilines is 1. The summed E-state index contributed by atoms with van der Waals surface area (Å²) in [7, 11) is 1.89. The van der Waals surface area contributed by atoms with E-state index in [1.54, 1.807) is 12.4 Å². The second kappa shape index (κ2) is 7.37. The molecule has 1 aliphatic heterocycles. The number of rotatable bonds is 6. The Morgan fingerprint density at radius 2 is 1.95 bits per heavy atom. The van der Waals surface area contributed by atoms with Crippen LogP contribution in [0.15, 0.2) is 18.5 Å². The van der Waals surface area contributed by atoms with Crippen LogP contribution in [0.25, 0.3) is 0 Å². The third-order valence-electron chi connectivity index (χ3n) is 3.63. The molecule has 0 radical (unpaired) electrons. The van der Waals surface area contributed by atoms with Gasteiger partial charge in [0.15, 0.2) is 0 Å². The lowest BCUT2D eigenvalue weighted by Gasteiger charge is -2.35. The van der Waals surface area contributed by atoms with E-state index in [-0.39, 0.29) is 12.6 Å². The largest absolute Gasteiger partial charge is 0.395 e. The second-order valence-corrected chi connectivity index (χ2v) is 4.83. The Hall–Kier alpha value is -1.24. The van der Waals surface area contributed by atoms with Crippen LogP contribution >= 0.6 is 0 Å². The number of hydrogen-bond donors (Lipinski definition) is 2. The SMILES string of the molecule is CNC(CO)CCN1CCN(c2ncccn2)CC1. The molecule has 1 atom stereocenters. The van der Waals surface area contributed by atoms with Crippen LogP contribution in [0.4, 0.5) is 5.95 Å². The average molecular weight is 265 g/mol. The molecule has 1 fully saturated rings. The molecule has 1 unspecified atom stereocenters. The summed E-state index contributed by atoms with van der Waals surface area (Å²) < 4.78 is 0. The standard InChI is InChI=1S/C13H23N5O/c1-14-12(11-19)3-6-17-7-9-18(10-8-17)13-15-4-2-5-16-13/h2,4-5,12,14,19H,3,6-11H2,1H3. The molecule has 0 aromatic carbocycles. The van der Waals surface area contributed by atoms with Crippen LogP contribution < -0.4 is 10.2 Å². The third-order valence-corrected chi connectivity index (χ3v) is 3.63. The second-order valence-electron chi connectivity index (χ2n) is 4.83. The van der Waals surface area contributed by atoms with Crippen molar-refractivity contribution in [3.05, 3.63) is 18.5 Å². The molecular weight excluding hydrogens is 242 g/mol. The molecule has 19 heavy (non-hydrogen) atoms. The summed E-state index contributed by atoms with van der Waals surface area (Å²) in [5.41, 5.74) is 0. The zero-order chi connectivity index (χ0) is 13.5. The molecule has 2 heterocycles. The van der Waals surface area contributed by atoms with Crippen molar-refractivity contribution in [3.63, 3.8) is 0 Å². The number of nitrogens with one attached hydrogen (secondary N) is 1. The molecule has 6 nitrogen and oxygen atoms in total. The maximum Gasteiger partial charge on any atom is 0.225 e. The normalized spacial score (nSPS) is 18.5. The first-order valence-corrected chi connectivity index (χ1v) is 6.86. The Morgan fingerprint density at radius 3 is 2.53 bits per heavy atom. The highest BCUT2D eigenvalue weighted by atomic mass is 16.3. The van der Waals surface area contributed by atoms with E-state index < -0.39 is 0 Å². The van der Waals surface area contributed by atoms with E-state index in [0.29, 0.717) is 0 Å². The zero-order valence-electron chi connectivity index (χ0n) is 11.5. The topological polar surface area (TPSA) is 64.5 Å². The van der Waals surface area contributed by atoms with Crippen molar-refractivity contribution in [3.8, 4) is 0 Å². The zero-order valence-corrected chi connectivity index (χ0v) is 11.5. The van der Waals surface area contributed by atoms with Crippen LogP contribution in [0.2, 0.25) is 0 Å². The fraction of sp³-hybridized carbons (Fsp3) is 0.692. The van der Waals surface area contributed by atoms with Crippen molar-refractivity contribution < 1.29 is 5.11 Å². The molecule has 2 rings (SSSR count). The van der Waals surface area contributed by atoms with Crippen LogP contribution in [-0.4, -0.2) is 72.4 Å². The maximum absolute atomic E-state index is 9.14. The van der Waals surface area contributed by atoms with E-state index in [1.807, 2.05) is 13.1 Å². The summed E-state index contributed by atoms with van der Waals surface area (Å²) in [6, 6.07) is 2.04. The summed E-state index contributed by atoms with van der Waals surface area (Å²) in [6.45, 7) is 5.21. The average Bonchev–Trinajstić information content (AvgIpc) is 2.50. The molecule has 0 aliphatic carbocycles. The quantitative estimate of drug-likeness (QED) is 0.728. The molecule has 1 aromatic heterocycles. The fourth-order valence-electron chi connectivity index (χ4n) is 2.29. The lowest BCUT2D eigenvalue weighted by atomic mass is 10.2. The predicted molar refractivity (Wildman–Crippen MR) is 75.2 cm³/mol. The van der Waals surface area contributed by atoms with Gasteiger partial charge in [-0.2, -0.15) is 0 Å². The highest BCUT2D eigenvalue weighted by Crippen LogP contribution is 2.10. The third kappa shape index (κ3) is 4.12. The van der Waals surface area contributed by atoms with Crippen molar-refractivity contribution in [2.45, 2.75) is 12.5 Å². The Labute approximate surface area is 114 Å². The molecule has 106 valence electrons. The Kier molecular flexibility index (Phi) is 5.50. The first kappa shape index (κ1) is 14.2. The van der Waals surface area contributed by atoms with Crippen LogP contribution in [0, 0.1) is 0 Å². The van der Waals surface area contributed by atoms with Gasteiger partial charge in [0.25, 0.3) is 0 Å². The minimum atomic E-state index is 0.203. The number of aliphatic hydroxyl groups is 1. The fourth-order valence-corrected chi connectivity index (χ4v) is 2.29. The van der Waals surface area contributed by atoms with Gasteiger partial charge in [-0.05, 0) is 26.1 Å². The van der Waals surface area contributed by atoms with Gasteiger partial charge in [-0.15, -0.1) is 0 Å². The molecule has 1 saturated heterocycles. The molecule has 0 spiro atoms.